The summed E-state index contributed by atoms with van der Waals surface area (Å²) < 4.78 is 50.4. The van der Waals surface area contributed by atoms with Gasteiger partial charge in [-0.15, -0.1) is 0 Å². The van der Waals surface area contributed by atoms with Crippen molar-refractivity contribution < 1.29 is 83.7 Å². The molecule has 0 aromatic heterocycles. The number of hydrogen-bond donors (Lipinski definition) is 0. The van der Waals surface area contributed by atoms with E-state index in [1.165, 1.54) is 0 Å². The minimum absolute atomic E-state index is 0. The Morgan fingerprint density at radius 1 is 0.500 bits per heavy atom. The van der Waals surface area contributed by atoms with E-state index in [0.717, 1.165) is 0 Å². The van der Waals surface area contributed by atoms with Crippen molar-refractivity contribution in [1.82, 2.24) is 0 Å². The smallest absolute Gasteiger partial charge is 0.357 e. The Morgan fingerprint density at radius 3 is 0.500 bits per heavy atom. The van der Waals surface area contributed by atoms with Gasteiger partial charge in [0.25, 0.3) is 0 Å². The van der Waals surface area contributed by atoms with Gasteiger partial charge in [-0.3, -0.25) is 0 Å². The zero-order valence-corrected chi connectivity index (χ0v) is 7.20. The number of halogens is 2. The van der Waals surface area contributed by atoms with Crippen molar-refractivity contribution in [1.29, 1.82) is 0 Å². The molecule has 0 saturated heterocycles. The first-order chi connectivity index (χ1) is 3.46. The minimum Gasteiger partial charge on any atom is -0.357 e. The van der Waals surface area contributed by atoms with E-state index in [2.05, 4.69) is 0 Å². The molecular formula is Cl2Cu2O6. The molecule has 0 spiro atoms. The average molecular weight is 294 g/mol. The van der Waals surface area contributed by atoms with E-state index in [4.69, 9.17) is 28.0 Å². The zero-order chi connectivity index (χ0) is 7.15. The average Bonchev–Trinajstić information content (AvgIpc) is 1.25. The van der Waals surface area contributed by atoms with Crippen LogP contribution in [0.1, 0.15) is 0 Å². The Hall–Kier alpha value is 1.38. The van der Waals surface area contributed by atoms with E-state index in [1.54, 1.807) is 0 Å². The zero-order valence-electron chi connectivity index (χ0n) is 3.81. The van der Waals surface area contributed by atoms with Crippen LogP contribution in [0.4, 0.5) is 0 Å². The SMILES string of the molecule is [Cu+].[Cu+].[O-][Cl+2]([O-])[O-].[O-][Cl+2]([O-])[O-]. The number of hydrogen-bond acceptors (Lipinski definition) is 6. The fraction of sp³-hybridized carbons (Fsp3) is 0. The fourth-order valence-electron chi connectivity index (χ4n) is 0. The summed E-state index contributed by atoms with van der Waals surface area (Å²) in [5.41, 5.74) is 0. The van der Waals surface area contributed by atoms with Crippen LogP contribution in [0.3, 0.4) is 0 Å². The predicted octanol–water partition coefficient (Wildman–Crippen LogP) is -7.14. The molecule has 0 unspecified atom stereocenters. The first-order valence-electron chi connectivity index (χ1n) is 0.926. The molecule has 0 aliphatic rings. The molecule has 0 aromatic carbocycles. The van der Waals surface area contributed by atoms with Crippen molar-refractivity contribution in [2.75, 3.05) is 0 Å². The maximum absolute atomic E-state index is 8.41. The monoisotopic (exact) mass is 292 g/mol. The van der Waals surface area contributed by atoms with Crippen molar-refractivity contribution >= 4 is 0 Å². The summed E-state index contributed by atoms with van der Waals surface area (Å²) in [6.07, 6.45) is 0. The molecule has 0 N–H and O–H groups in total. The van der Waals surface area contributed by atoms with Crippen LogP contribution in [0, 0.1) is 21.6 Å². The molecule has 0 saturated carbocycles. The summed E-state index contributed by atoms with van der Waals surface area (Å²) in [5.74, 6) is 0. The molecule has 6 nitrogen and oxygen atoms in total. The van der Waals surface area contributed by atoms with E-state index in [1.807, 2.05) is 0 Å². The second kappa shape index (κ2) is 16.8. The molecule has 10 heteroatoms. The van der Waals surface area contributed by atoms with Gasteiger partial charge >= 0.3 is 34.1 Å². The van der Waals surface area contributed by atoms with Gasteiger partial charge in [0.1, 0.15) is 0 Å². The molecule has 10 heavy (non-hydrogen) atoms. The summed E-state index contributed by atoms with van der Waals surface area (Å²) in [5, 5.41) is 0. The van der Waals surface area contributed by atoms with Gasteiger partial charge in [0.2, 0.25) is 0 Å². The Labute approximate surface area is 83.6 Å². The molecule has 72 valence electrons. The molecule has 0 bridgehead atoms. The molecule has 0 atom stereocenters. The van der Waals surface area contributed by atoms with E-state index in [9.17, 15) is 0 Å². The van der Waals surface area contributed by atoms with Gasteiger partial charge in [-0.1, -0.05) is 0 Å². The molecular weight excluding hydrogens is 294 g/mol. The molecule has 0 fully saturated rings. The van der Waals surface area contributed by atoms with Crippen molar-refractivity contribution in [3.63, 3.8) is 0 Å². The van der Waals surface area contributed by atoms with Crippen LogP contribution in [0.5, 0.6) is 0 Å². The van der Waals surface area contributed by atoms with Crippen LogP contribution < -0.4 is 28.0 Å². The summed E-state index contributed by atoms with van der Waals surface area (Å²) in [6, 6.07) is 0. The summed E-state index contributed by atoms with van der Waals surface area (Å²) >= 11 is 0. The molecule has 0 heterocycles. The Morgan fingerprint density at radius 2 is 0.500 bits per heavy atom. The second-order valence-corrected chi connectivity index (χ2v) is 1.13. The van der Waals surface area contributed by atoms with Crippen LogP contribution in [0.2, 0.25) is 0 Å². The fourth-order valence-corrected chi connectivity index (χ4v) is 0. The summed E-state index contributed by atoms with van der Waals surface area (Å²) in [7, 11) is -5.70. The molecule has 0 aliphatic heterocycles. The molecule has 0 amide bonds. The van der Waals surface area contributed by atoms with Crippen LogP contribution in [0.25, 0.3) is 0 Å². The summed E-state index contributed by atoms with van der Waals surface area (Å²) in [6.45, 7) is 0. The van der Waals surface area contributed by atoms with Gasteiger partial charge in [-0.2, -0.15) is 0 Å². The minimum atomic E-state index is -2.85. The van der Waals surface area contributed by atoms with E-state index >= 15 is 0 Å². The Kier molecular flexibility index (Phi) is 37.7. The van der Waals surface area contributed by atoms with Crippen molar-refractivity contribution in [3.8, 4) is 0 Å². The summed E-state index contributed by atoms with van der Waals surface area (Å²) in [4.78, 5) is 0. The van der Waals surface area contributed by atoms with Crippen LogP contribution >= 0.6 is 0 Å². The van der Waals surface area contributed by atoms with Crippen LogP contribution in [0.15, 0.2) is 0 Å². The van der Waals surface area contributed by atoms with Gasteiger partial charge in [-0.05, 0) is 0 Å². The quantitative estimate of drug-likeness (QED) is 0.407. The molecule has 0 aliphatic carbocycles. The number of rotatable bonds is 0. The van der Waals surface area contributed by atoms with Gasteiger partial charge < -0.3 is 28.0 Å². The first-order valence-corrected chi connectivity index (χ1v) is 2.78. The van der Waals surface area contributed by atoms with Gasteiger partial charge in [0, 0.05) is 0 Å². The Balaban J connectivity index is -0.0000000300. The van der Waals surface area contributed by atoms with Crippen LogP contribution in [-0.2, 0) is 34.1 Å². The largest absolute Gasteiger partial charge is 1.00 e. The van der Waals surface area contributed by atoms with E-state index < -0.39 is 21.6 Å². The topological polar surface area (TPSA) is 138 Å². The first kappa shape index (κ1) is 22.5. The normalized spacial score (nSPS) is 7.20. The van der Waals surface area contributed by atoms with Gasteiger partial charge in [-0.25, -0.2) is 0 Å². The molecule has 0 rings (SSSR count). The van der Waals surface area contributed by atoms with Gasteiger partial charge in [0.05, 0.1) is 21.6 Å². The van der Waals surface area contributed by atoms with Crippen molar-refractivity contribution in [2.45, 2.75) is 0 Å². The van der Waals surface area contributed by atoms with Crippen LogP contribution in [-0.4, -0.2) is 0 Å². The third-order valence-corrected chi connectivity index (χ3v) is 0. The maximum Gasteiger partial charge on any atom is 1.00 e. The second-order valence-electron chi connectivity index (χ2n) is 0.378. The van der Waals surface area contributed by atoms with E-state index in [0.29, 0.717) is 0 Å². The molecule has 0 radical (unpaired) electrons. The predicted molar refractivity (Wildman–Crippen MR) is 0 cm³/mol. The third kappa shape index (κ3) is 346. The molecule has 0 aromatic rings. The Bertz CT molecular complexity index is 29.2. The van der Waals surface area contributed by atoms with E-state index in [-0.39, 0.29) is 34.1 Å². The third-order valence-electron chi connectivity index (χ3n) is 0. The maximum atomic E-state index is 8.41. The standard InChI is InChI=1S/2ClO3.2Cu/c2*2-1(3)4;;/q2*-1;2*+1. The van der Waals surface area contributed by atoms with Gasteiger partial charge in [0.15, 0.2) is 0 Å². The van der Waals surface area contributed by atoms with Crippen molar-refractivity contribution in [2.24, 2.45) is 0 Å². The van der Waals surface area contributed by atoms with Crippen molar-refractivity contribution in [3.05, 3.63) is 0 Å².